The van der Waals surface area contributed by atoms with Gasteiger partial charge < -0.3 is 16.4 Å². The monoisotopic (exact) mass is 522 g/mol. The molecule has 0 saturated carbocycles. The molecular formula is C20H20BrFN6O3S. The smallest absolute Gasteiger partial charge is 0.253 e. The summed E-state index contributed by atoms with van der Waals surface area (Å²) in [6.45, 7) is 3.47. The third-order valence-corrected chi connectivity index (χ3v) is 6.32. The number of amides is 1. The molecule has 1 amide bonds. The highest BCUT2D eigenvalue weighted by atomic mass is 79.9. The molecule has 1 aromatic heterocycles. The summed E-state index contributed by atoms with van der Waals surface area (Å²) in [7, 11) is -3.60. The van der Waals surface area contributed by atoms with E-state index in [1.54, 1.807) is 26.0 Å². The maximum absolute atomic E-state index is 14.0. The standard InChI is InChI=1S/C20H20BrFN6O3S/c1-11(2)28-32(30,31)13-8-6-12(7-9-13)25-20-24-10-14(21)19(27-20)26-16-5-3-4-15(22)17(16)18(23)29/h3-11,28H,1-2H3,(H2,23,29)(H2,24,25,26,27). The van der Waals surface area contributed by atoms with Crippen LogP contribution in [0.25, 0.3) is 0 Å². The molecule has 168 valence electrons. The molecule has 0 aliphatic rings. The first kappa shape index (κ1) is 23.6. The second-order valence-electron chi connectivity index (χ2n) is 6.97. The number of carbonyl (C=O) groups excluding carboxylic acids is 1. The van der Waals surface area contributed by atoms with Gasteiger partial charge in [0.05, 0.1) is 20.6 Å². The van der Waals surface area contributed by atoms with Crippen LogP contribution in [0.1, 0.15) is 24.2 Å². The first-order valence-electron chi connectivity index (χ1n) is 9.34. The Morgan fingerprint density at radius 3 is 2.44 bits per heavy atom. The van der Waals surface area contributed by atoms with Crippen LogP contribution in [0.2, 0.25) is 0 Å². The second-order valence-corrected chi connectivity index (χ2v) is 9.54. The van der Waals surface area contributed by atoms with Crippen LogP contribution in [0.15, 0.2) is 58.0 Å². The number of aromatic nitrogens is 2. The van der Waals surface area contributed by atoms with Gasteiger partial charge in [-0.2, -0.15) is 4.98 Å². The molecule has 0 bridgehead atoms. The first-order chi connectivity index (χ1) is 15.1. The number of nitrogens with zero attached hydrogens (tertiary/aromatic N) is 2. The lowest BCUT2D eigenvalue weighted by atomic mass is 10.1. The molecule has 5 N–H and O–H groups in total. The minimum Gasteiger partial charge on any atom is -0.365 e. The van der Waals surface area contributed by atoms with E-state index in [-0.39, 0.29) is 34.0 Å². The van der Waals surface area contributed by atoms with Crippen molar-refractivity contribution in [2.45, 2.75) is 24.8 Å². The Kier molecular flexibility index (Phi) is 7.06. The lowest BCUT2D eigenvalue weighted by Crippen LogP contribution is -2.30. The molecule has 2 aromatic carbocycles. The van der Waals surface area contributed by atoms with Crippen molar-refractivity contribution in [1.82, 2.24) is 14.7 Å². The van der Waals surface area contributed by atoms with Crippen LogP contribution in [0.3, 0.4) is 0 Å². The zero-order valence-electron chi connectivity index (χ0n) is 17.1. The number of nitrogens with one attached hydrogen (secondary N) is 3. The topological polar surface area (TPSA) is 139 Å². The largest absolute Gasteiger partial charge is 0.365 e. The average Bonchev–Trinajstić information content (AvgIpc) is 2.70. The van der Waals surface area contributed by atoms with E-state index < -0.39 is 21.7 Å². The van der Waals surface area contributed by atoms with E-state index in [0.29, 0.717) is 10.2 Å². The maximum Gasteiger partial charge on any atom is 0.253 e. The Morgan fingerprint density at radius 2 is 1.81 bits per heavy atom. The van der Waals surface area contributed by atoms with Gasteiger partial charge in [-0.3, -0.25) is 4.79 Å². The van der Waals surface area contributed by atoms with Crippen LogP contribution in [-0.4, -0.2) is 30.3 Å². The molecular weight excluding hydrogens is 503 g/mol. The SMILES string of the molecule is CC(C)NS(=O)(=O)c1ccc(Nc2ncc(Br)c(Nc3cccc(F)c3C(N)=O)n2)cc1. The van der Waals surface area contributed by atoms with E-state index in [4.69, 9.17) is 5.73 Å². The van der Waals surface area contributed by atoms with Gasteiger partial charge in [-0.1, -0.05) is 6.07 Å². The molecule has 0 unspecified atom stereocenters. The third-order valence-electron chi connectivity index (χ3n) is 4.07. The van der Waals surface area contributed by atoms with Crippen LogP contribution >= 0.6 is 15.9 Å². The number of hydrogen-bond acceptors (Lipinski definition) is 7. The molecule has 3 aromatic rings. The van der Waals surface area contributed by atoms with Gasteiger partial charge in [-0.05, 0) is 66.2 Å². The predicted octanol–water partition coefficient (Wildman–Crippen LogP) is 3.65. The highest BCUT2D eigenvalue weighted by molar-refractivity contribution is 9.10. The van der Waals surface area contributed by atoms with Crippen LogP contribution in [-0.2, 0) is 10.0 Å². The minimum atomic E-state index is -3.60. The van der Waals surface area contributed by atoms with E-state index in [9.17, 15) is 17.6 Å². The molecule has 0 spiro atoms. The van der Waals surface area contributed by atoms with Crippen molar-refractivity contribution in [1.29, 1.82) is 0 Å². The van der Waals surface area contributed by atoms with Gasteiger partial charge in [-0.25, -0.2) is 22.5 Å². The number of sulfonamides is 1. The van der Waals surface area contributed by atoms with Crippen LogP contribution in [0.5, 0.6) is 0 Å². The van der Waals surface area contributed by atoms with Crippen molar-refractivity contribution in [2.75, 3.05) is 10.6 Å². The van der Waals surface area contributed by atoms with Crippen molar-refractivity contribution in [2.24, 2.45) is 5.73 Å². The third kappa shape index (κ3) is 5.58. The molecule has 0 radical (unpaired) electrons. The maximum atomic E-state index is 14.0. The summed E-state index contributed by atoms with van der Waals surface area (Å²) in [5.41, 5.74) is 5.69. The lowest BCUT2D eigenvalue weighted by molar-refractivity contribution is 0.0997. The summed E-state index contributed by atoms with van der Waals surface area (Å²) < 4.78 is 41.5. The number of hydrogen-bond donors (Lipinski definition) is 4. The van der Waals surface area contributed by atoms with Gasteiger partial charge in [0.15, 0.2) is 0 Å². The van der Waals surface area contributed by atoms with Gasteiger partial charge in [0, 0.05) is 17.9 Å². The number of halogens is 2. The van der Waals surface area contributed by atoms with Crippen LogP contribution in [0.4, 0.5) is 27.5 Å². The molecule has 0 aliphatic heterocycles. The number of benzene rings is 2. The van der Waals surface area contributed by atoms with Gasteiger partial charge >= 0.3 is 0 Å². The van der Waals surface area contributed by atoms with E-state index >= 15 is 0 Å². The van der Waals surface area contributed by atoms with Gasteiger partial charge in [0.1, 0.15) is 11.6 Å². The average molecular weight is 523 g/mol. The molecule has 1 heterocycles. The predicted molar refractivity (Wildman–Crippen MR) is 123 cm³/mol. The first-order valence-corrected chi connectivity index (χ1v) is 11.6. The summed E-state index contributed by atoms with van der Waals surface area (Å²) in [5, 5.41) is 5.83. The number of anilines is 4. The fourth-order valence-electron chi connectivity index (χ4n) is 2.75. The zero-order valence-corrected chi connectivity index (χ0v) is 19.5. The summed E-state index contributed by atoms with van der Waals surface area (Å²) in [6, 6.07) is 9.89. The molecule has 12 heteroatoms. The number of nitrogens with two attached hydrogens (primary N) is 1. The van der Waals surface area contributed by atoms with Crippen LogP contribution in [0, 0.1) is 5.82 Å². The Bertz CT molecular complexity index is 1250. The second kappa shape index (κ2) is 9.59. The van der Waals surface area contributed by atoms with Crippen LogP contribution < -0.4 is 21.1 Å². The quantitative estimate of drug-likeness (QED) is 0.354. The number of rotatable bonds is 8. The van der Waals surface area contributed by atoms with Crippen molar-refractivity contribution >= 4 is 55.0 Å². The molecule has 0 atom stereocenters. The fourth-order valence-corrected chi connectivity index (χ4v) is 4.29. The Hall–Kier alpha value is -3.09. The fraction of sp³-hybridized carbons (Fsp3) is 0.150. The van der Waals surface area contributed by atoms with Crippen molar-refractivity contribution < 1.29 is 17.6 Å². The van der Waals surface area contributed by atoms with Crippen molar-refractivity contribution in [3.63, 3.8) is 0 Å². The van der Waals surface area contributed by atoms with E-state index in [0.717, 1.165) is 6.07 Å². The van der Waals surface area contributed by atoms with Gasteiger partial charge in [-0.15, -0.1) is 0 Å². The normalized spacial score (nSPS) is 11.4. The zero-order chi connectivity index (χ0) is 23.5. The molecule has 0 aliphatic carbocycles. The highest BCUT2D eigenvalue weighted by Gasteiger charge is 2.17. The molecule has 32 heavy (non-hydrogen) atoms. The Labute approximate surface area is 192 Å². The Balaban J connectivity index is 1.83. The molecule has 0 fully saturated rings. The van der Waals surface area contributed by atoms with E-state index in [2.05, 4.69) is 41.3 Å². The van der Waals surface area contributed by atoms with Gasteiger partial charge in [0.2, 0.25) is 16.0 Å². The molecule has 3 rings (SSSR count). The minimum absolute atomic E-state index is 0.126. The van der Waals surface area contributed by atoms with Gasteiger partial charge in [0.25, 0.3) is 5.91 Å². The number of primary amides is 1. The lowest BCUT2D eigenvalue weighted by Gasteiger charge is -2.13. The number of carbonyl (C=O) groups is 1. The van der Waals surface area contributed by atoms with E-state index in [1.165, 1.54) is 30.5 Å². The summed E-state index contributed by atoms with van der Waals surface area (Å²) in [5.74, 6) is -1.23. The summed E-state index contributed by atoms with van der Waals surface area (Å²) in [4.78, 5) is 20.2. The molecule has 0 saturated heterocycles. The Morgan fingerprint density at radius 1 is 1.12 bits per heavy atom. The van der Waals surface area contributed by atoms with Crippen molar-refractivity contribution in [3.05, 3.63) is 64.5 Å². The van der Waals surface area contributed by atoms with Crippen molar-refractivity contribution in [3.8, 4) is 0 Å². The van der Waals surface area contributed by atoms with E-state index in [1.807, 2.05) is 0 Å². The highest BCUT2D eigenvalue weighted by Crippen LogP contribution is 2.28. The molecule has 9 nitrogen and oxygen atoms in total. The summed E-state index contributed by atoms with van der Waals surface area (Å²) >= 11 is 3.31. The summed E-state index contributed by atoms with van der Waals surface area (Å²) in [6.07, 6.45) is 1.46.